The van der Waals surface area contributed by atoms with Crippen LogP contribution in [0.1, 0.15) is 22.8 Å². The molecule has 3 N–H and O–H groups in total. The number of hydrogen-bond acceptors (Lipinski definition) is 7. The number of aryl methyl sites for hydroxylation is 1. The largest absolute Gasteiger partial charge is 0.505 e. The SMILES string of the molecule is CCOc1c(Cl)cccc1NC(=O)c1cc2ccccc2c(N=Nc2c(C)ccc(S(=O)(=O)O)c2Cl)c1O. The van der Waals surface area contributed by atoms with Gasteiger partial charge in [0.15, 0.2) is 11.5 Å². The van der Waals surface area contributed by atoms with Crippen molar-refractivity contribution in [1.82, 2.24) is 0 Å². The second kappa shape index (κ2) is 11.0. The van der Waals surface area contributed by atoms with Crippen LogP contribution in [0, 0.1) is 6.92 Å². The average molecular weight is 574 g/mol. The van der Waals surface area contributed by atoms with E-state index in [1.165, 1.54) is 12.1 Å². The number of anilines is 1. The minimum absolute atomic E-state index is 0.0274. The Morgan fingerprint density at radius 2 is 1.74 bits per heavy atom. The summed E-state index contributed by atoms with van der Waals surface area (Å²) in [6.45, 7) is 3.72. The zero-order valence-corrected chi connectivity index (χ0v) is 22.4. The van der Waals surface area contributed by atoms with Gasteiger partial charge in [0.1, 0.15) is 16.3 Å². The van der Waals surface area contributed by atoms with E-state index in [1.807, 2.05) is 0 Å². The van der Waals surface area contributed by atoms with E-state index in [9.17, 15) is 22.9 Å². The van der Waals surface area contributed by atoms with Gasteiger partial charge in [0.2, 0.25) is 0 Å². The van der Waals surface area contributed by atoms with E-state index in [0.717, 1.165) is 6.07 Å². The molecule has 196 valence electrons. The van der Waals surface area contributed by atoms with E-state index in [4.69, 9.17) is 27.9 Å². The number of carbonyl (C=O) groups excluding carboxylic acids is 1. The van der Waals surface area contributed by atoms with Crippen LogP contribution >= 0.6 is 23.2 Å². The standard InChI is InChI=1S/C26H21Cl2N3O6S/c1-3-37-25-18(27)9-6-10-19(25)29-26(33)17-13-15-7-4-5-8-16(15)23(24(17)32)31-30-22-14(2)11-12-20(21(22)28)38(34,35)36/h4-13,32H,3H2,1-2H3,(H,29,33)(H,34,35,36). The van der Waals surface area contributed by atoms with E-state index in [2.05, 4.69) is 15.5 Å². The summed E-state index contributed by atoms with van der Waals surface area (Å²) < 4.78 is 38.4. The van der Waals surface area contributed by atoms with E-state index in [1.54, 1.807) is 56.3 Å². The van der Waals surface area contributed by atoms with Gasteiger partial charge in [-0.15, -0.1) is 10.2 Å². The van der Waals surface area contributed by atoms with Gasteiger partial charge < -0.3 is 15.2 Å². The van der Waals surface area contributed by atoms with Gasteiger partial charge in [0.25, 0.3) is 16.0 Å². The average Bonchev–Trinajstić information content (AvgIpc) is 2.86. The fourth-order valence-corrected chi connectivity index (χ4v) is 5.08. The molecule has 9 nitrogen and oxygen atoms in total. The second-order valence-electron chi connectivity index (χ2n) is 8.06. The predicted molar refractivity (Wildman–Crippen MR) is 146 cm³/mol. The van der Waals surface area contributed by atoms with Gasteiger partial charge in [-0.2, -0.15) is 8.42 Å². The first-order valence-corrected chi connectivity index (χ1v) is 13.4. The van der Waals surface area contributed by atoms with Gasteiger partial charge >= 0.3 is 0 Å². The number of phenols is 1. The highest BCUT2D eigenvalue weighted by Crippen LogP contribution is 2.42. The number of aromatic hydroxyl groups is 1. The number of hydrogen-bond donors (Lipinski definition) is 3. The summed E-state index contributed by atoms with van der Waals surface area (Å²) in [5.74, 6) is -0.839. The van der Waals surface area contributed by atoms with Gasteiger partial charge in [0, 0.05) is 5.39 Å². The third kappa shape index (κ3) is 5.44. The molecule has 0 fully saturated rings. The van der Waals surface area contributed by atoms with E-state index >= 15 is 0 Å². The van der Waals surface area contributed by atoms with Gasteiger partial charge in [-0.25, -0.2) is 0 Å². The van der Waals surface area contributed by atoms with Crippen LogP contribution in [0.5, 0.6) is 11.5 Å². The molecule has 4 rings (SSSR count). The Morgan fingerprint density at radius 1 is 1.03 bits per heavy atom. The lowest BCUT2D eigenvalue weighted by Gasteiger charge is -2.14. The number of fused-ring (bicyclic) bond motifs is 1. The maximum Gasteiger partial charge on any atom is 0.296 e. The quantitative estimate of drug-likeness (QED) is 0.155. The van der Waals surface area contributed by atoms with E-state index < -0.39 is 26.7 Å². The molecule has 4 aromatic rings. The molecule has 0 aromatic heterocycles. The number of nitrogens with zero attached hydrogens (tertiary/aromatic N) is 2. The van der Waals surface area contributed by atoms with Crippen LogP contribution in [0.4, 0.5) is 17.1 Å². The van der Waals surface area contributed by atoms with Crippen LogP contribution in [0.2, 0.25) is 10.0 Å². The van der Waals surface area contributed by atoms with E-state index in [0.29, 0.717) is 33.7 Å². The van der Waals surface area contributed by atoms with Crippen molar-refractivity contribution in [2.45, 2.75) is 18.7 Å². The fourth-order valence-electron chi connectivity index (χ4n) is 3.74. The molecular formula is C26H21Cl2N3O6S. The predicted octanol–water partition coefficient (Wildman–Crippen LogP) is 7.47. The Hall–Kier alpha value is -3.70. The third-order valence-corrected chi connectivity index (χ3v) is 7.24. The number of ether oxygens (including phenoxy) is 1. The zero-order chi connectivity index (χ0) is 27.6. The molecule has 1 amide bonds. The molecule has 0 aliphatic carbocycles. The summed E-state index contributed by atoms with van der Waals surface area (Å²) in [4.78, 5) is 12.7. The Kier molecular flexibility index (Phi) is 7.89. The minimum Gasteiger partial charge on any atom is -0.505 e. The third-order valence-electron chi connectivity index (χ3n) is 5.55. The number of halogens is 2. The van der Waals surface area contributed by atoms with E-state index in [-0.39, 0.29) is 27.7 Å². The number of nitrogens with one attached hydrogen (secondary N) is 1. The second-order valence-corrected chi connectivity index (χ2v) is 10.2. The molecule has 0 atom stereocenters. The summed E-state index contributed by atoms with van der Waals surface area (Å²) in [5, 5.41) is 23.1. The Morgan fingerprint density at radius 3 is 2.45 bits per heavy atom. The summed E-state index contributed by atoms with van der Waals surface area (Å²) in [6.07, 6.45) is 0. The monoisotopic (exact) mass is 573 g/mol. The smallest absolute Gasteiger partial charge is 0.296 e. The molecule has 12 heteroatoms. The van der Waals surface area contributed by atoms with Gasteiger partial charge in [-0.05, 0) is 49.1 Å². The first-order valence-electron chi connectivity index (χ1n) is 11.2. The van der Waals surface area contributed by atoms with Gasteiger partial charge in [0.05, 0.1) is 27.9 Å². The van der Waals surface area contributed by atoms with Crippen molar-refractivity contribution in [2.24, 2.45) is 10.2 Å². The fraction of sp³-hybridized carbons (Fsp3) is 0.115. The molecular weight excluding hydrogens is 553 g/mol. The number of rotatable bonds is 7. The number of amides is 1. The Bertz CT molecular complexity index is 1710. The normalized spacial score (nSPS) is 11.7. The van der Waals surface area contributed by atoms with Crippen LogP contribution in [-0.4, -0.2) is 30.6 Å². The van der Waals surface area contributed by atoms with Crippen molar-refractivity contribution in [3.63, 3.8) is 0 Å². The van der Waals surface area contributed by atoms with Crippen LogP contribution < -0.4 is 10.1 Å². The van der Waals surface area contributed by atoms with Crippen molar-refractivity contribution in [1.29, 1.82) is 0 Å². The molecule has 0 radical (unpaired) electrons. The lowest BCUT2D eigenvalue weighted by molar-refractivity contribution is 0.102. The zero-order valence-electron chi connectivity index (χ0n) is 20.1. The first kappa shape index (κ1) is 27.3. The molecule has 0 spiro atoms. The first-order chi connectivity index (χ1) is 18.0. The van der Waals surface area contributed by atoms with Crippen LogP contribution in [-0.2, 0) is 10.1 Å². The van der Waals surface area contributed by atoms with Crippen molar-refractivity contribution in [3.8, 4) is 11.5 Å². The Balaban J connectivity index is 1.83. The maximum absolute atomic E-state index is 13.3. The highest BCUT2D eigenvalue weighted by molar-refractivity contribution is 7.86. The van der Waals surface area contributed by atoms with Gasteiger partial charge in [-0.1, -0.05) is 59.6 Å². The summed E-state index contributed by atoms with van der Waals surface area (Å²) in [7, 11) is -4.61. The van der Waals surface area contributed by atoms with Gasteiger partial charge in [-0.3, -0.25) is 9.35 Å². The highest BCUT2D eigenvalue weighted by Gasteiger charge is 2.22. The molecule has 0 heterocycles. The maximum atomic E-state index is 13.3. The van der Waals surface area contributed by atoms with Crippen molar-refractivity contribution >= 4 is 67.1 Å². The molecule has 38 heavy (non-hydrogen) atoms. The van der Waals surface area contributed by atoms with Crippen LogP contribution in [0.15, 0.2) is 75.8 Å². The number of phenolic OH excluding ortho intramolecular Hbond substituents is 1. The van der Waals surface area contributed by atoms with Crippen molar-refractivity contribution < 1.29 is 27.6 Å². The molecule has 0 saturated carbocycles. The molecule has 0 aliphatic rings. The number of para-hydroxylation sites is 1. The Labute approximate surface area is 228 Å². The highest BCUT2D eigenvalue weighted by atomic mass is 35.5. The lowest BCUT2D eigenvalue weighted by Crippen LogP contribution is -2.13. The lowest BCUT2D eigenvalue weighted by atomic mass is 10.0. The minimum atomic E-state index is -4.61. The number of azo groups is 1. The summed E-state index contributed by atoms with van der Waals surface area (Å²) in [6, 6.07) is 15.8. The number of benzene rings is 4. The molecule has 0 saturated heterocycles. The molecule has 0 unspecified atom stereocenters. The van der Waals surface area contributed by atoms with Crippen molar-refractivity contribution in [3.05, 3.63) is 81.8 Å². The topological polar surface area (TPSA) is 138 Å². The summed E-state index contributed by atoms with van der Waals surface area (Å²) in [5.41, 5.74) is 0.602. The van der Waals surface area contributed by atoms with Crippen molar-refractivity contribution in [2.75, 3.05) is 11.9 Å². The molecule has 0 bridgehead atoms. The molecule has 0 aliphatic heterocycles. The van der Waals surface area contributed by atoms with Crippen LogP contribution in [0.25, 0.3) is 10.8 Å². The number of carbonyl (C=O) groups is 1. The summed E-state index contributed by atoms with van der Waals surface area (Å²) >= 11 is 12.4. The van der Waals surface area contributed by atoms with Crippen LogP contribution in [0.3, 0.4) is 0 Å². The molecule has 4 aromatic carbocycles.